The second kappa shape index (κ2) is 11.7. The van der Waals surface area contributed by atoms with Crippen molar-refractivity contribution in [3.05, 3.63) is 45.2 Å². The molecule has 2 aromatic heterocycles. The summed E-state index contributed by atoms with van der Waals surface area (Å²) in [5.74, 6) is 0.463. The summed E-state index contributed by atoms with van der Waals surface area (Å²) in [6, 6.07) is 5.49. The number of aromatic nitrogens is 2. The van der Waals surface area contributed by atoms with Gasteiger partial charge >= 0.3 is 0 Å². The maximum atomic E-state index is 13.6. The van der Waals surface area contributed by atoms with Crippen molar-refractivity contribution in [2.45, 2.75) is 71.5 Å². The minimum Gasteiger partial charge on any atom is -0.372 e. The van der Waals surface area contributed by atoms with Gasteiger partial charge in [-0.2, -0.15) is 0 Å². The van der Waals surface area contributed by atoms with E-state index in [0.717, 1.165) is 12.8 Å². The van der Waals surface area contributed by atoms with Crippen molar-refractivity contribution in [1.29, 1.82) is 0 Å². The van der Waals surface area contributed by atoms with E-state index in [0.29, 0.717) is 45.9 Å². The molecule has 9 heteroatoms. The largest absolute Gasteiger partial charge is 0.372 e. The van der Waals surface area contributed by atoms with Crippen LogP contribution in [0.25, 0.3) is 11.7 Å². The number of rotatable bonds is 9. The molecule has 35 heavy (non-hydrogen) atoms. The summed E-state index contributed by atoms with van der Waals surface area (Å²) in [6.07, 6.45) is 10.3. The van der Waals surface area contributed by atoms with Crippen molar-refractivity contribution < 1.29 is 9.53 Å². The van der Waals surface area contributed by atoms with Crippen LogP contribution in [0, 0.1) is 0 Å². The molecule has 2 aliphatic rings. The fraction of sp³-hybridized carbons (Fsp3) is 0.538. The molecule has 188 valence electrons. The lowest BCUT2D eigenvalue weighted by Crippen LogP contribution is -2.46. The molecule has 0 saturated carbocycles. The molecule has 0 N–H and O–H groups in total. The Balaban J connectivity index is 1.63. The number of fused-ring (bicyclic) bond motifs is 1. The van der Waals surface area contributed by atoms with Crippen LogP contribution in [0.15, 0.2) is 34.1 Å². The van der Waals surface area contributed by atoms with Crippen molar-refractivity contribution in [2.24, 2.45) is 0 Å². The van der Waals surface area contributed by atoms with Crippen LogP contribution < -0.4 is 10.5 Å². The van der Waals surface area contributed by atoms with E-state index < -0.39 is 0 Å². The zero-order valence-corrected chi connectivity index (χ0v) is 22.4. The highest BCUT2D eigenvalue weighted by Crippen LogP contribution is 2.34. The number of thiocarbonyl (C=S) groups is 1. The smallest absolute Gasteiger partial charge is 0.267 e. The lowest BCUT2D eigenvalue weighted by molar-refractivity contribution is -0.122. The highest BCUT2D eigenvalue weighted by Gasteiger charge is 2.33. The molecule has 4 heterocycles. The molecule has 0 spiro atoms. The molecule has 0 bridgehead atoms. The topological polar surface area (TPSA) is 67.2 Å². The summed E-state index contributed by atoms with van der Waals surface area (Å²) in [5.41, 5.74) is 0.792. The van der Waals surface area contributed by atoms with Crippen molar-refractivity contribution in [3.8, 4) is 0 Å². The Labute approximate surface area is 216 Å². The van der Waals surface area contributed by atoms with E-state index in [4.69, 9.17) is 21.9 Å². The van der Waals surface area contributed by atoms with Crippen LogP contribution in [0.1, 0.15) is 64.9 Å². The fourth-order valence-corrected chi connectivity index (χ4v) is 5.97. The molecule has 1 amide bonds. The quantitative estimate of drug-likeness (QED) is 0.269. The van der Waals surface area contributed by atoms with Gasteiger partial charge in [-0.25, -0.2) is 4.98 Å². The summed E-state index contributed by atoms with van der Waals surface area (Å²) >= 11 is 6.80. The number of thioether (sulfide) groups is 1. The molecule has 4 rings (SSSR count). The minimum atomic E-state index is -0.196. The van der Waals surface area contributed by atoms with Crippen LogP contribution in [0.5, 0.6) is 0 Å². The van der Waals surface area contributed by atoms with Crippen molar-refractivity contribution in [2.75, 3.05) is 24.5 Å². The van der Waals surface area contributed by atoms with Crippen molar-refractivity contribution in [1.82, 2.24) is 14.3 Å². The lowest BCUT2D eigenvalue weighted by atomic mass is 10.1. The molecular formula is C26H34N4O3S2. The number of pyridine rings is 1. The second-order valence-corrected chi connectivity index (χ2v) is 11.0. The first-order valence-electron chi connectivity index (χ1n) is 12.6. The van der Waals surface area contributed by atoms with Gasteiger partial charge in [-0.05, 0) is 38.5 Å². The van der Waals surface area contributed by atoms with E-state index in [1.807, 2.05) is 26.0 Å². The Bertz CT molecular complexity index is 1170. The van der Waals surface area contributed by atoms with Gasteiger partial charge in [-0.3, -0.25) is 18.9 Å². The zero-order valence-electron chi connectivity index (χ0n) is 20.7. The Morgan fingerprint density at radius 1 is 1.11 bits per heavy atom. The standard InChI is InChI=1S/C26H34N4O3S2/c1-4-5-6-7-8-10-14-30-25(32)21(35-26(30)34)15-20-23(28-16-18(2)33-19(3)17-28)27-22-12-9-11-13-29(22)24(20)31/h9,11-13,15,18-19H,4-8,10,14,16-17H2,1-3H3. The third kappa shape index (κ3) is 5.95. The van der Waals surface area contributed by atoms with Gasteiger partial charge in [0.25, 0.3) is 11.5 Å². The normalized spacial score (nSPS) is 22.1. The molecular weight excluding hydrogens is 480 g/mol. The van der Waals surface area contributed by atoms with Gasteiger partial charge in [0.2, 0.25) is 0 Å². The predicted octanol–water partition coefficient (Wildman–Crippen LogP) is 4.87. The Kier molecular flexibility index (Phi) is 8.62. The summed E-state index contributed by atoms with van der Waals surface area (Å²) in [7, 11) is 0. The van der Waals surface area contributed by atoms with Crippen LogP contribution in [0.2, 0.25) is 0 Å². The van der Waals surface area contributed by atoms with E-state index in [9.17, 15) is 9.59 Å². The van der Waals surface area contributed by atoms with Gasteiger partial charge in [-0.15, -0.1) is 0 Å². The van der Waals surface area contributed by atoms with E-state index in [2.05, 4.69) is 11.8 Å². The SMILES string of the molecule is CCCCCCCCN1C(=O)C(=Cc2c(N3CC(C)OC(C)C3)nc3ccccn3c2=O)SC1=S. The Morgan fingerprint density at radius 3 is 2.57 bits per heavy atom. The highest BCUT2D eigenvalue weighted by molar-refractivity contribution is 8.26. The molecule has 2 saturated heterocycles. The molecule has 2 fully saturated rings. The maximum absolute atomic E-state index is 13.6. The average molecular weight is 515 g/mol. The number of anilines is 1. The number of hydrogen-bond donors (Lipinski definition) is 0. The summed E-state index contributed by atoms with van der Waals surface area (Å²) in [6.45, 7) is 8.11. The molecule has 2 aromatic rings. The van der Waals surface area contributed by atoms with Gasteiger partial charge in [0.05, 0.1) is 22.7 Å². The number of amides is 1. The first kappa shape index (κ1) is 25.9. The number of carbonyl (C=O) groups is 1. The van der Waals surface area contributed by atoms with Gasteiger partial charge in [0.15, 0.2) is 0 Å². The summed E-state index contributed by atoms with van der Waals surface area (Å²) < 4.78 is 7.97. The Hall–Kier alpha value is -2.23. The second-order valence-electron chi connectivity index (χ2n) is 9.35. The molecule has 0 aliphatic carbocycles. The number of nitrogens with zero attached hydrogens (tertiary/aromatic N) is 4. The van der Waals surface area contributed by atoms with Crippen LogP contribution in [0.3, 0.4) is 0 Å². The predicted molar refractivity (Wildman–Crippen MR) is 147 cm³/mol. The minimum absolute atomic E-state index is 0.0122. The first-order chi connectivity index (χ1) is 16.9. The monoisotopic (exact) mass is 514 g/mol. The number of hydrogen-bond acceptors (Lipinski definition) is 7. The van der Waals surface area contributed by atoms with E-state index >= 15 is 0 Å². The van der Waals surface area contributed by atoms with Crippen molar-refractivity contribution >= 4 is 51.7 Å². The molecule has 2 unspecified atom stereocenters. The van der Waals surface area contributed by atoms with Crippen molar-refractivity contribution in [3.63, 3.8) is 0 Å². The average Bonchev–Trinajstić information content (AvgIpc) is 3.09. The third-order valence-electron chi connectivity index (χ3n) is 6.35. The zero-order chi connectivity index (χ0) is 24.9. The van der Waals surface area contributed by atoms with Crippen LogP contribution in [-0.4, -0.2) is 56.4 Å². The summed E-state index contributed by atoms with van der Waals surface area (Å²) in [4.78, 5) is 35.9. The van der Waals surface area contributed by atoms with E-state index in [1.54, 1.807) is 23.2 Å². The third-order valence-corrected chi connectivity index (χ3v) is 7.73. The van der Waals surface area contributed by atoms with Crippen LogP contribution >= 0.6 is 24.0 Å². The van der Waals surface area contributed by atoms with Gasteiger partial charge < -0.3 is 9.64 Å². The van der Waals surface area contributed by atoms with Crippen LogP contribution in [0.4, 0.5) is 5.82 Å². The number of morpholine rings is 1. The van der Waals surface area contributed by atoms with Crippen LogP contribution in [-0.2, 0) is 9.53 Å². The Morgan fingerprint density at radius 2 is 1.83 bits per heavy atom. The van der Waals surface area contributed by atoms with E-state index in [-0.39, 0.29) is 23.7 Å². The molecule has 0 aromatic carbocycles. The first-order valence-corrected chi connectivity index (χ1v) is 13.8. The van der Waals surface area contributed by atoms with Gasteiger partial charge in [0, 0.05) is 25.8 Å². The van der Waals surface area contributed by atoms with Gasteiger partial charge in [0.1, 0.15) is 15.8 Å². The highest BCUT2D eigenvalue weighted by atomic mass is 32.2. The lowest BCUT2D eigenvalue weighted by Gasteiger charge is -2.36. The fourth-order valence-electron chi connectivity index (χ4n) is 4.68. The summed E-state index contributed by atoms with van der Waals surface area (Å²) in [5, 5.41) is 0. The van der Waals surface area contributed by atoms with E-state index in [1.165, 1.54) is 41.8 Å². The molecule has 2 aliphatic heterocycles. The molecule has 7 nitrogen and oxygen atoms in total. The number of ether oxygens (including phenoxy) is 1. The molecule has 2 atom stereocenters. The number of unbranched alkanes of at least 4 members (excludes halogenated alkanes) is 5. The molecule has 0 radical (unpaired) electrons. The maximum Gasteiger partial charge on any atom is 0.267 e. The number of carbonyl (C=O) groups excluding carboxylic acids is 1. The van der Waals surface area contributed by atoms with Gasteiger partial charge in [-0.1, -0.05) is 69.1 Å².